The first-order chi connectivity index (χ1) is 10.3. The van der Waals surface area contributed by atoms with Crippen molar-refractivity contribution in [2.45, 2.75) is 18.9 Å². The molecule has 2 heterocycles. The van der Waals surface area contributed by atoms with Crippen molar-refractivity contribution in [2.24, 2.45) is 0 Å². The standard InChI is InChI=1S/C16H18N2O3/c1-20-16(19)13-6-2-4-11-7-9-18-15(14(11)13)21-10-12-5-3-8-17-12/h2,4,6-7,9,12,17H,3,5,8,10H2,1H3. The van der Waals surface area contributed by atoms with Crippen molar-refractivity contribution < 1.29 is 14.3 Å². The van der Waals surface area contributed by atoms with Crippen molar-refractivity contribution in [1.82, 2.24) is 10.3 Å². The molecule has 0 spiro atoms. The van der Waals surface area contributed by atoms with Gasteiger partial charge in [-0.25, -0.2) is 9.78 Å². The third-order valence-corrected chi connectivity index (χ3v) is 3.75. The number of nitrogens with one attached hydrogen (secondary N) is 1. The van der Waals surface area contributed by atoms with Gasteiger partial charge < -0.3 is 14.8 Å². The number of nitrogens with zero attached hydrogens (tertiary/aromatic N) is 1. The number of rotatable bonds is 4. The Morgan fingerprint density at radius 2 is 2.33 bits per heavy atom. The molecule has 1 unspecified atom stereocenters. The Balaban J connectivity index is 1.94. The van der Waals surface area contributed by atoms with Crippen LogP contribution in [0.1, 0.15) is 23.2 Å². The van der Waals surface area contributed by atoms with E-state index in [-0.39, 0.29) is 5.97 Å². The highest BCUT2D eigenvalue weighted by Gasteiger charge is 2.18. The number of benzene rings is 1. The highest BCUT2D eigenvalue weighted by Crippen LogP contribution is 2.27. The quantitative estimate of drug-likeness (QED) is 0.873. The summed E-state index contributed by atoms with van der Waals surface area (Å²) in [6.45, 7) is 1.59. The average molecular weight is 286 g/mol. The number of ether oxygens (including phenoxy) is 2. The fourth-order valence-electron chi connectivity index (χ4n) is 2.67. The summed E-state index contributed by atoms with van der Waals surface area (Å²) in [5, 5.41) is 5.01. The summed E-state index contributed by atoms with van der Waals surface area (Å²) < 4.78 is 10.7. The molecule has 1 aromatic carbocycles. The van der Waals surface area contributed by atoms with Crippen LogP contribution in [0.3, 0.4) is 0 Å². The summed E-state index contributed by atoms with van der Waals surface area (Å²) in [6.07, 6.45) is 3.97. The van der Waals surface area contributed by atoms with E-state index in [1.807, 2.05) is 18.2 Å². The summed E-state index contributed by atoms with van der Waals surface area (Å²) in [4.78, 5) is 16.2. The minimum absolute atomic E-state index is 0.354. The lowest BCUT2D eigenvalue weighted by molar-refractivity contribution is 0.0602. The van der Waals surface area contributed by atoms with Gasteiger partial charge in [0.1, 0.15) is 6.61 Å². The number of hydrogen-bond donors (Lipinski definition) is 1. The van der Waals surface area contributed by atoms with Crippen LogP contribution in [0.25, 0.3) is 10.8 Å². The summed E-state index contributed by atoms with van der Waals surface area (Å²) >= 11 is 0. The molecule has 5 nitrogen and oxygen atoms in total. The third-order valence-electron chi connectivity index (χ3n) is 3.75. The van der Waals surface area contributed by atoms with E-state index in [4.69, 9.17) is 9.47 Å². The van der Waals surface area contributed by atoms with Crippen LogP contribution in [-0.2, 0) is 4.74 Å². The van der Waals surface area contributed by atoms with E-state index in [2.05, 4.69) is 10.3 Å². The molecule has 1 atom stereocenters. The second-order valence-electron chi connectivity index (χ2n) is 5.12. The fourth-order valence-corrected chi connectivity index (χ4v) is 2.67. The van der Waals surface area contributed by atoms with Crippen LogP contribution < -0.4 is 10.1 Å². The smallest absolute Gasteiger partial charge is 0.338 e. The molecule has 2 aromatic rings. The van der Waals surface area contributed by atoms with Crippen LogP contribution in [-0.4, -0.2) is 37.3 Å². The molecular formula is C16H18N2O3. The van der Waals surface area contributed by atoms with Gasteiger partial charge in [0.05, 0.1) is 18.1 Å². The molecule has 3 rings (SSSR count). The first-order valence-electron chi connectivity index (χ1n) is 7.12. The Bertz CT molecular complexity index is 646. The minimum Gasteiger partial charge on any atom is -0.476 e. The van der Waals surface area contributed by atoms with Gasteiger partial charge in [0.2, 0.25) is 5.88 Å². The van der Waals surface area contributed by atoms with Gasteiger partial charge in [-0.1, -0.05) is 12.1 Å². The van der Waals surface area contributed by atoms with Crippen LogP contribution in [0, 0.1) is 0 Å². The molecule has 1 aliphatic rings. The zero-order valence-corrected chi connectivity index (χ0v) is 12.0. The van der Waals surface area contributed by atoms with Gasteiger partial charge in [0.15, 0.2) is 0 Å². The Kier molecular flexibility index (Phi) is 4.01. The molecule has 0 aliphatic carbocycles. The number of methoxy groups -OCH3 is 1. The number of esters is 1. The zero-order valence-electron chi connectivity index (χ0n) is 12.0. The molecule has 1 aliphatic heterocycles. The Labute approximate surface area is 123 Å². The number of pyridine rings is 1. The number of fused-ring (bicyclic) bond motifs is 1. The number of carbonyl (C=O) groups excluding carboxylic acids is 1. The highest BCUT2D eigenvalue weighted by molar-refractivity contribution is 6.06. The lowest BCUT2D eigenvalue weighted by Crippen LogP contribution is -2.28. The largest absolute Gasteiger partial charge is 0.476 e. The van der Waals surface area contributed by atoms with Crippen LogP contribution >= 0.6 is 0 Å². The first kappa shape index (κ1) is 13.8. The van der Waals surface area contributed by atoms with Gasteiger partial charge in [0.25, 0.3) is 0 Å². The van der Waals surface area contributed by atoms with Gasteiger partial charge in [-0.05, 0) is 36.9 Å². The van der Waals surface area contributed by atoms with Crippen molar-refractivity contribution in [2.75, 3.05) is 20.3 Å². The summed E-state index contributed by atoms with van der Waals surface area (Å²) in [6, 6.07) is 7.72. The molecule has 21 heavy (non-hydrogen) atoms. The predicted molar refractivity (Wildman–Crippen MR) is 79.6 cm³/mol. The molecular weight excluding hydrogens is 268 g/mol. The molecule has 1 N–H and O–H groups in total. The number of aromatic nitrogens is 1. The van der Waals surface area contributed by atoms with Gasteiger partial charge >= 0.3 is 5.97 Å². The Hall–Kier alpha value is -2.14. The molecule has 1 saturated heterocycles. The maximum atomic E-state index is 11.9. The van der Waals surface area contributed by atoms with Crippen molar-refractivity contribution in [3.8, 4) is 5.88 Å². The van der Waals surface area contributed by atoms with Gasteiger partial charge in [-0.15, -0.1) is 0 Å². The van der Waals surface area contributed by atoms with Crippen molar-refractivity contribution in [3.05, 3.63) is 36.0 Å². The van der Waals surface area contributed by atoms with Gasteiger partial charge in [-0.2, -0.15) is 0 Å². The van der Waals surface area contributed by atoms with E-state index in [0.717, 1.165) is 18.4 Å². The first-order valence-corrected chi connectivity index (χ1v) is 7.12. The van der Waals surface area contributed by atoms with E-state index in [0.29, 0.717) is 29.5 Å². The topological polar surface area (TPSA) is 60.5 Å². The van der Waals surface area contributed by atoms with E-state index >= 15 is 0 Å². The highest BCUT2D eigenvalue weighted by atomic mass is 16.5. The van der Waals surface area contributed by atoms with Crippen LogP contribution in [0.2, 0.25) is 0 Å². The molecule has 5 heteroatoms. The SMILES string of the molecule is COC(=O)c1cccc2ccnc(OCC3CCCN3)c12. The maximum absolute atomic E-state index is 11.9. The third kappa shape index (κ3) is 2.83. The number of carbonyl (C=O) groups is 1. The molecule has 0 saturated carbocycles. The van der Waals surface area contributed by atoms with Gasteiger partial charge in [-0.3, -0.25) is 0 Å². The molecule has 0 amide bonds. The van der Waals surface area contributed by atoms with Crippen molar-refractivity contribution >= 4 is 16.7 Å². The fraction of sp³-hybridized carbons (Fsp3) is 0.375. The van der Waals surface area contributed by atoms with E-state index in [1.54, 1.807) is 12.3 Å². The van der Waals surface area contributed by atoms with E-state index < -0.39 is 0 Å². The van der Waals surface area contributed by atoms with Crippen molar-refractivity contribution in [3.63, 3.8) is 0 Å². The minimum atomic E-state index is -0.377. The summed E-state index contributed by atoms with van der Waals surface area (Å²) in [5.41, 5.74) is 0.484. The van der Waals surface area contributed by atoms with Gasteiger partial charge in [0, 0.05) is 12.2 Å². The van der Waals surface area contributed by atoms with E-state index in [1.165, 1.54) is 13.5 Å². The summed E-state index contributed by atoms with van der Waals surface area (Å²) in [5.74, 6) is 0.111. The van der Waals surface area contributed by atoms with Crippen molar-refractivity contribution in [1.29, 1.82) is 0 Å². The monoisotopic (exact) mass is 286 g/mol. The lowest BCUT2D eigenvalue weighted by Gasteiger charge is -2.14. The maximum Gasteiger partial charge on any atom is 0.338 e. The molecule has 0 bridgehead atoms. The second-order valence-corrected chi connectivity index (χ2v) is 5.12. The van der Waals surface area contributed by atoms with Crippen LogP contribution in [0.5, 0.6) is 5.88 Å². The van der Waals surface area contributed by atoms with E-state index in [9.17, 15) is 4.79 Å². The van der Waals surface area contributed by atoms with Crippen LogP contribution in [0.15, 0.2) is 30.5 Å². The lowest BCUT2D eigenvalue weighted by atomic mass is 10.1. The second kappa shape index (κ2) is 6.10. The predicted octanol–water partition coefficient (Wildman–Crippen LogP) is 2.15. The normalized spacial score (nSPS) is 17.9. The molecule has 0 radical (unpaired) electrons. The molecule has 110 valence electrons. The molecule has 1 fully saturated rings. The number of hydrogen-bond acceptors (Lipinski definition) is 5. The van der Waals surface area contributed by atoms with Crippen LogP contribution in [0.4, 0.5) is 0 Å². The summed E-state index contributed by atoms with van der Waals surface area (Å²) in [7, 11) is 1.38. The Morgan fingerprint density at radius 3 is 3.10 bits per heavy atom. The average Bonchev–Trinajstić information content (AvgIpc) is 3.05. The zero-order chi connectivity index (χ0) is 14.7. The molecule has 1 aromatic heterocycles. The Morgan fingerprint density at radius 1 is 1.43 bits per heavy atom.